The third kappa shape index (κ3) is 9.95. The Hall–Kier alpha value is -5.83. The number of azide groups is 4. The molecule has 0 N–H and O–H groups in total. The first-order valence-corrected chi connectivity index (χ1v) is 16.6. The van der Waals surface area contributed by atoms with Gasteiger partial charge in [0.15, 0.2) is 12.4 Å². The predicted octanol–water partition coefficient (Wildman–Crippen LogP) is 7.26. The Morgan fingerprint density at radius 1 is 0.698 bits per heavy atom. The molecule has 0 aromatic heterocycles. The average molecular weight is 725 g/mol. The van der Waals surface area contributed by atoms with Crippen LogP contribution in [-0.2, 0) is 41.6 Å². The van der Waals surface area contributed by atoms with E-state index in [0.29, 0.717) is 0 Å². The van der Waals surface area contributed by atoms with Crippen LogP contribution in [0.1, 0.15) is 27.9 Å². The molecular weight excluding hydrogens is 688 g/mol. The molecule has 0 amide bonds. The van der Waals surface area contributed by atoms with Gasteiger partial charge in [-0.05, 0) is 51.8 Å². The van der Waals surface area contributed by atoms with Crippen LogP contribution in [0.3, 0.4) is 0 Å². The van der Waals surface area contributed by atoms with Gasteiger partial charge in [-0.3, -0.25) is 0 Å². The van der Waals surface area contributed by atoms with Crippen molar-refractivity contribution in [2.45, 2.75) is 80.7 Å². The van der Waals surface area contributed by atoms with Crippen LogP contribution in [-0.4, -0.2) is 80.7 Å². The maximum absolute atomic E-state index is 13.5. The van der Waals surface area contributed by atoms with Gasteiger partial charge in [0.25, 0.3) is 0 Å². The Morgan fingerprint density at radius 2 is 1.25 bits per heavy atom. The van der Waals surface area contributed by atoms with Gasteiger partial charge >= 0.3 is 5.97 Å². The van der Waals surface area contributed by atoms with Gasteiger partial charge in [-0.2, -0.15) is 0 Å². The first-order chi connectivity index (χ1) is 26.0. The minimum atomic E-state index is -1.46. The molecule has 10 atom stereocenters. The third-order valence-electron chi connectivity index (χ3n) is 8.80. The zero-order valence-electron chi connectivity index (χ0n) is 28.5. The predicted molar refractivity (Wildman–Crippen MR) is 187 cm³/mol. The van der Waals surface area contributed by atoms with E-state index >= 15 is 0 Å². The number of hydrogen-bond acceptors (Lipinski definition) is 11. The summed E-state index contributed by atoms with van der Waals surface area (Å²) in [6.07, 6.45) is -8.24. The normalized spacial score (nSPS) is 27.8. The molecule has 3 aromatic carbocycles. The van der Waals surface area contributed by atoms with Crippen LogP contribution < -0.4 is 0 Å². The number of esters is 1. The summed E-state index contributed by atoms with van der Waals surface area (Å²) in [5.41, 5.74) is 39.9. The molecule has 19 nitrogen and oxygen atoms in total. The summed E-state index contributed by atoms with van der Waals surface area (Å²) in [5, 5.41) is 15.6. The zero-order chi connectivity index (χ0) is 37.4. The van der Waals surface area contributed by atoms with E-state index in [1.54, 1.807) is 30.3 Å². The maximum atomic E-state index is 13.5. The van der Waals surface area contributed by atoms with E-state index in [1.165, 1.54) is 7.11 Å². The van der Waals surface area contributed by atoms with E-state index in [1.807, 2.05) is 60.7 Å². The molecule has 0 radical (unpaired) electrons. The highest BCUT2D eigenvalue weighted by Crippen LogP contribution is 2.37. The molecule has 1 aliphatic carbocycles. The number of nitrogens with zero attached hydrogens (tertiary/aromatic N) is 12. The second-order valence-corrected chi connectivity index (χ2v) is 12.0. The van der Waals surface area contributed by atoms with Crippen molar-refractivity contribution in [1.82, 2.24) is 0 Å². The fraction of sp³-hybridized carbons (Fsp3) is 0.441. The molecule has 274 valence electrons. The van der Waals surface area contributed by atoms with Crippen LogP contribution in [0, 0.1) is 0 Å². The topological polar surface area (TPSA) is 267 Å². The van der Waals surface area contributed by atoms with E-state index in [0.717, 1.165) is 11.1 Å². The highest BCUT2D eigenvalue weighted by Gasteiger charge is 2.53. The summed E-state index contributed by atoms with van der Waals surface area (Å²) in [6.45, 7) is -0.0614. The number of carbonyl (C=O) groups is 1. The SMILES string of the molecule is COC1[C@@H](OC(=O)c2ccccc2)[C@H](O[C@H]2OC(CN=[N+]=[N-])[C@@H](OCc3ccccc3)[C@@H](OCc3ccccc3)C2N=[N+]=[N-])C(N=[N+]=[N-])C[C@H]1N=[N+]=[N-]. The first-order valence-electron chi connectivity index (χ1n) is 16.6. The molecule has 2 fully saturated rings. The van der Waals surface area contributed by atoms with Crippen molar-refractivity contribution in [2.24, 2.45) is 20.5 Å². The van der Waals surface area contributed by atoms with E-state index in [9.17, 15) is 26.9 Å². The molecule has 53 heavy (non-hydrogen) atoms. The van der Waals surface area contributed by atoms with Crippen molar-refractivity contribution in [3.05, 3.63) is 149 Å². The molecule has 1 saturated heterocycles. The van der Waals surface area contributed by atoms with Gasteiger partial charge in [0.05, 0.1) is 43.5 Å². The van der Waals surface area contributed by atoms with Gasteiger partial charge < -0.3 is 28.4 Å². The van der Waals surface area contributed by atoms with Crippen LogP contribution in [0.4, 0.5) is 0 Å². The van der Waals surface area contributed by atoms with Crippen molar-refractivity contribution in [3.63, 3.8) is 0 Å². The summed E-state index contributed by atoms with van der Waals surface area (Å²) in [6, 6.07) is 23.4. The van der Waals surface area contributed by atoms with Gasteiger partial charge in [0.1, 0.15) is 30.5 Å². The summed E-state index contributed by atoms with van der Waals surface area (Å²) >= 11 is 0. The number of benzene rings is 3. The number of rotatable bonds is 16. The minimum absolute atomic E-state index is 0.0610. The van der Waals surface area contributed by atoms with Crippen LogP contribution in [0.15, 0.2) is 111 Å². The average Bonchev–Trinajstić information content (AvgIpc) is 3.19. The Balaban J connectivity index is 1.55. The molecule has 0 spiro atoms. The summed E-state index contributed by atoms with van der Waals surface area (Å²) in [4.78, 5) is 25.4. The van der Waals surface area contributed by atoms with E-state index in [2.05, 4.69) is 40.1 Å². The lowest BCUT2D eigenvalue weighted by Crippen LogP contribution is -2.64. The lowest BCUT2D eigenvalue weighted by Gasteiger charge is -2.48. The smallest absolute Gasteiger partial charge is 0.338 e. The van der Waals surface area contributed by atoms with Crippen molar-refractivity contribution in [2.75, 3.05) is 13.7 Å². The molecule has 1 heterocycles. The molecule has 1 saturated carbocycles. The molecule has 5 rings (SSSR count). The fourth-order valence-corrected chi connectivity index (χ4v) is 6.39. The lowest BCUT2D eigenvalue weighted by atomic mass is 9.84. The molecule has 1 aliphatic heterocycles. The second kappa shape index (κ2) is 19.7. The van der Waals surface area contributed by atoms with Crippen LogP contribution in [0.5, 0.6) is 0 Å². The summed E-state index contributed by atoms with van der Waals surface area (Å²) in [5.74, 6) is -0.761. The zero-order valence-corrected chi connectivity index (χ0v) is 28.5. The number of carbonyl (C=O) groups excluding carboxylic acids is 1. The monoisotopic (exact) mass is 724 g/mol. The Bertz CT molecular complexity index is 1840. The van der Waals surface area contributed by atoms with Crippen molar-refractivity contribution < 1.29 is 33.2 Å². The minimum Gasteiger partial charge on any atom is -0.453 e. The van der Waals surface area contributed by atoms with Crippen LogP contribution >= 0.6 is 0 Å². The molecular formula is C34H36N12O7. The van der Waals surface area contributed by atoms with E-state index in [-0.39, 0.29) is 31.7 Å². The molecule has 0 bridgehead atoms. The molecule has 2 aliphatic rings. The molecule has 4 unspecified atom stereocenters. The number of ether oxygens (including phenoxy) is 6. The highest BCUT2D eigenvalue weighted by atomic mass is 16.7. The standard InChI is InChI=1S/C34H36N12O7/c1-48-28-24(40-44-36)17-25(41-45-37)29(32(28)52-33(47)23-15-9-4-10-16-23)53-34-27(42-46-38)31(50-20-22-13-7-3-8-14-22)30(26(51-34)18-39-43-35)49-19-21-11-5-2-6-12-21/h2-16,24-32,34H,17-20H2,1H3/t24-,25?,26?,27?,28?,29-,30-,31+,32-,34-/m1/s1. The fourth-order valence-electron chi connectivity index (χ4n) is 6.39. The van der Waals surface area contributed by atoms with E-state index in [4.69, 9.17) is 28.4 Å². The quantitative estimate of drug-likeness (QED) is 0.0630. The largest absolute Gasteiger partial charge is 0.453 e. The van der Waals surface area contributed by atoms with Gasteiger partial charge in [0.2, 0.25) is 0 Å². The van der Waals surface area contributed by atoms with Gasteiger partial charge in [-0.1, -0.05) is 99.3 Å². The second-order valence-electron chi connectivity index (χ2n) is 12.0. The Kier molecular flexibility index (Phi) is 14.3. The van der Waals surface area contributed by atoms with Crippen molar-refractivity contribution in [1.29, 1.82) is 0 Å². The highest BCUT2D eigenvalue weighted by molar-refractivity contribution is 5.89. The third-order valence-corrected chi connectivity index (χ3v) is 8.80. The maximum Gasteiger partial charge on any atom is 0.338 e. The Labute approximate surface area is 303 Å². The number of hydrogen-bond donors (Lipinski definition) is 0. The van der Waals surface area contributed by atoms with Gasteiger partial charge in [-0.15, -0.1) is 0 Å². The molecule has 3 aromatic rings. The van der Waals surface area contributed by atoms with Gasteiger partial charge in [-0.25, -0.2) is 4.79 Å². The Morgan fingerprint density at radius 3 is 1.79 bits per heavy atom. The van der Waals surface area contributed by atoms with Crippen LogP contribution in [0.25, 0.3) is 41.8 Å². The number of methoxy groups -OCH3 is 1. The summed E-state index contributed by atoms with van der Waals surface area (Å²) in [7, 11) is 1.34. The van der Waals surface area contributed by atoms with E-state index < -0.39 is 67.0 Å². The van der Waals surface area contributed by atoms with Gasteiger partial charge in [0, 0.05) is 26.8 Å². The first kappa shape index (κ1) is 38.4. The molecule has 19 heteroatoms. The van der Waals surface area contributed by atoms with Crippen molar-refractivity contribution in [3.8, 4) is 0 Å². The van der Waals surface area contributed by atoms with Crippen LogP contribution in [0.2, 0.25) is 0 Å². The lowest BCUT2D eigenvalue weighted by molar-refractivity contribution is -0.300. The summed E-state index contributed by atoms with van der Waals surface area (Å²) < 4.78 is 37.5. The van der Waals surface area contributed by atoms with Crippen molar-refractivity contribution >= 4 is 5.97 Å².